The fourth-order valence-electron chi connectivity index (χ4n) is 3.33. The molecule has 2 heterocycles. The monoisotopic (exact) mass is 421 g/mol. The van der Waals surface area contributed by atoms with Crippen molar-refractivity contribution < 1.29 is 14.6 Å². The topological polar surface area (TPSA) is 94.1 Å². The van der Waals surface area contributed by atoms with Crippen molar-refractivity contribution >= 4 is 23.9 Å². The molecule has 0 bridgehead atoms. The van der Waals surface area contributed by atoms with Gasteiger partial charge in [-0.05, 0) is 49.9 Å². The van der Waals surface area contributed by atoms with Crippen molar-refractivity contribution in [1.29, 1.82) is 0 Å². The summed E-state index contributed by atoms with van der Waals surface area (Å²) in [5.41, 5.74) is 3.93. The minimum Gasteiger partial charge on any atom is -0.497 e. The van der Waals surface area contributed by atoms with Gasteiger partial charge in [-0.2, -0.15) is 5.10 Å². The van der Waals surface area contributed by atoms with Gasteiger partial charge in [-0.1, -0.05) is 0 Å². The number of ether oxygens (including phenoxy) is 2. The van der Waals surface area contributed by atoms with Crippen LogP contribution in [-0.2, 0) is 7.05 Å². The number of aliphatic hydroxyl groups is 1. The van der Waals surface area contributed by atoms with Crippen LogP contribution in [0.4, 0.5) is 11.5 Å². The van der Waals surface area contributed by atoms with Crippen LogP contribution in [-0.4, -0.2) is 53.1 Å². The van der Waals surface area contributed by atoms with E-state index in [1.54, 1.807) is 25.1 Å². The predicted octanol–water partition coefficient (Wildman–Crippen LogP) is 3.82. The summed E-state index contributed by atoms with van der Waals surface area (Å²) in [4.78, 5) is 13.5. The number of methoxy groups -OCH3 is 2. The largest absolute Gasteiger partial charge is 0.497 e. The summed E-state index contributed by atoms with van der Waals surface area (Å²) in [5.74, 6) is 1.63. The van der Waals surface area contributed by atoms with Gasteiger partial charge < -0.3 is 14.6 Å². The third-order valence-corrected chi connectivity index (χ3v) is 4.99. The van der Waals surface area contributed by atoms with Crippen LogP contribution >= 0.6 is 0 Å². The van der Waals surface area contributed by atoms with E-state index in [4.69, 9.17) is 14.5 Å². The van der Waals surface area contributed by atoms with Crippen LogP contribution in [0.15, 0.2) is 52.7 Å². The van der Waals surface area contributed by atoms with E-state index < -0.39 is 0 Å². The third-order valence-electron chi connectivity index (χ3n) is 4.99. The van der Waals surface area contributed by atoms with Crippen molar-refractivity contribution in [2.45, 2.75) is 19.3 Å². The molecule has 0 radical (unpaired) electrons. The molecule has 0 aliphatic rings. The van der Waals surface area contributed by atoms with Gasteiger partial charge >= 0.3 is 0 Å². The van der Waals surface area contributed by atoms with Gasteiger partial charge in [0.25, 0.3) is 0 Å². The van der Waals surface area contributed by atoms with E-state index in [1.807, 2.05) is 50.5 Å². The number of rotatable bonds is 9. The van der Waals surface area contributed by atoms with Crippen molar-refractivity contribution in [2.75, 3.05) is 20.8 Å². The first-order valence-electron chi connectivity index (χ1n) is 9.84. The normalized spacial score (nSPS) is 12.5. The second-order valence-corrected chi connectivity index (χ2v) is 7.05. The Balaban J connectivity index is 2.07. The molecule has 0 amide bonds. The van der Waals surface area contributed by atoms with Gasteiger partial charge in [0.15, 0.2) is 5.82 Å². The Morgan fingerprint density at radius 1 is 1.19 bits per heavy atom. The summed E-state index contributed by atoms with van der Waals surface area (Å²) in [5, 5.41) is 13.9. The van der Waals surface area contributed by atoms with Gasteiger partial charge in [-0.3, -0.25) is 9.67 Å². The summed E-state index contributed by atoms with van der Waals surface area (Å²) in [6.45, 7) is 5.54. The number of aryl methyl sites for hydroxylation is 1. The number of hydrogen-bond donors (Lipinski definition) is 1. The second kappa shape index (κ2) is 9.99. The maximum absolute atomic E-state index is 9.72. The Morgan fingerprint density at radius 2 is 1.90 bits per heavy atom. The van der Waals surface area contributed by atoms with Crippen molar-refractivity contribution in [1.82, 2.24) is 14.8 Å². The van der Waals surface area contributed by atoms with Gasteiger partial charge in [0.1, 0.15) is 17.2 Å². The smallest absolute Gasteiger partial charge is 0.178 e. The van der Waals surface area contributed by atoms with Gasteiger partial charge in [0, 0.05) is 37.4 Å². The standard InChI is InChI=1S/C23H27N5O3/c1-15(17-13-25-28(3)14-17)26-23-22(24-2)7-6-21(27-23)20(8-9-29)16-10-18(30-4)12-19(11-16)31-5/h6-7,10-14,20,29H,2,8-9H2,1,3-5H3. The van der Waals surface area contributed by atoms with Crippen molar-refractivity contribution in [3.05, 3.63) is 59.5 Å². The lowest BCUT2D eigenvalue weighted by Crippen LogP contribution is -2.07. The predicted molar refractivity (Wildman–Crippen MR) is 122 cm³/mol. The first-order valence-corrected chi connectivity index (χ1v) is 9.84. The van der Waals surface area contributed by atoms with Crippen LogP contribution in [0.3, 0.4) is 0 Å². The molecule has 8 heteroatoms. The molecule has 1 unspecified atom stereocenters. The van der Waals surface area contributed by atoms with Crippen molar-refractivity contribution in [2.24, 2.45) is 17.0 Å². The van der Waals surface area contributed by atoms with Crippen LogP contribution in [0.5, 0.6) is 11.5 Å². The zero-order valence-corrected chi connectivity index (χ0v) is 18.2. The number of aromatic nitrogens is 3. The van der Waals surface area contributed by atoms with E-state index in [2.05, 4.69) is 21.8 Å². The molecule has 3 rings (SSSR count). The minimum absolute atomic E-state index is 0.000640. The molecule has 0 spiro atoms. The Labute approximate surface area is 181 Å². The lowest BCUT2D eigenvalue weighted by molar-refractivity contribution is 0.280. The van der Waals surface area contributed by atoms with Crippen LogP contribution in [0, 0.1) is 0 Å². The number of aliphatic imine (C=N–C) groups is 2. The average molecular weight is 422 g/mol. The van der Waals surface area contributed by atoms with Crippen LogP contribution < -0.4 is 9.47 Å². The molecule has 2 aromatic heterocycles. The number of pyridine rings is 1. The van der Waals surface area contributed by atoms with E-state index in [9.17, 15) is 5.11 Å². The highest BCUT2D eigenvalue weighted by Gasteiger charge is 2.19. The van der Waals surface area contributed by atoms with E-state index in [0.717, 1.165) is 22.5 Å². The lowest BCUT2D eigenvalue weighted by atomic mass is 9.91. The molecule has 1 N–H and O–H groups in total. The Bertz CT molecular complexity index is 1070. The molecule has 3 aromatic rings. The molecular formula is C23H27N5O3. The molecule has 0 aliphatic heterocycles. The maximum atomic E-state index is 9.72. The number of aliphatic hydroxyl groups excluding tert-OH is 1. The van der Waals surface area contributed by atoms with Gasteiger partial charge in [0.2, 0.25) is 0 Å². The number of benzene rings is 1. The average Bonchev–Trinajstić information content (AvgIpc) is 3.23. The van der Waals surface area contributed by atoms with Crippen LogP contribution in [0.25, 0.3) is 0 Å². The zero-order chi connectivity index (χ0) is 22.4. The maximum Gasteiger partial charge on any atom is 0.178 e. The molecule has 1 aromatic carbocycles. The minimum atomic E-state index is -0.180. The Morgan fingerprint density at radius 3 is 2.45 bits per heavy atom. The molecule has 1 atom stereocenters. The molecule has 0 fully saturated rings. The highest BCUT2D eigenvalue weighted by molar-refractivity contribution is 6.00. The van der Waals surface area contributed by atoms with Gasteiger partial charge in [-0.15, -0.1) is 0 Å². The molecule has 0 aliphatic carbocycles. The van der Waals surface area contributed by atoms with Crippen molar-refractivity contribution in [3.63, 3.8) is 0 Å². The summed E-state index contributed by atoms with van der Waals surface area (Å²) in [7, 11) is 5.07. The number of hydrogen-bond acceptors (Lipinski definition) is 7. The Kier molecular flexibility index (Phi) is 7.15. The van der Waals surface area contributed by atoms with Crippen molar-refractivity contribution in [3.8, 4) is 11.5 Å². The summed E-state index contributed by atoms with van der Waals surface area (Å²) < 4.78 is 12.5. The Hall–Kier alpha value is -3.52. The SMILES string of the molecule is C=Nc1ccc(C(CCO)c2cc(OC)cc(OC)c2)nc1N=C(C)c1cnn(C)c1. The fraction of sp³-hybridized carbons (Fsp3) is 0.304. The van der Waals surface area contributed by atoms with Gasteiger partial charge in [-0.25, -0.2) is 9.98 Å². The van der Waals surface area contributed by atoms with E-state index in [1.165, 1.54) is 0 Å². The molecule has 0 saturated heterocycles. The third kappa shape index (κ3) is 5.16. The zero-order valence-electron chi connectivity index (χ0n) is 18.2. The first-order chi connectivity index (χ1) is 15.0. The lowest BCUT2D eigenvalue weighted by Gasteiger charge is -2.19. The summed E-state index contributed by atoms with van der Waals surface area (Å²) >= 11 is 0. The highest BCUT2D eigenvalue weighted by atomic mass is 16.5. The fourth-order valence-corrected chi connectivity index (χ4v) is 3.33. The molecule has 0 saturated carbocycles. The van der Waals surface area contributed by atoms with Gasteiger partial charge in [0.05, 0.1) is 31.8 Å². The van der Waals surface area contributed by atoms with E-state index in [0.29, 0.717) is 29.4 Å². The van der Waals surface area contributed by atoms with Crippen LogP contribution in [0.1, 0.15) is 36.1 Å². The number of nitrogens with zero attached hydrogens (tertiary/aromatic N) is 5. The van der Waals surface area contributed by atoms with E-state index >= 15 is 0 Å². The molecule has 31 heavy (non-hydrogen) atoms. The molecule has 162 valence electrons. The first kappa shape index (κ1) is 22.2. The van der Waals surface area contributed by atoms with Crippen LogP contribution in [0.2, 0.25) is 0 Å². The second-order valence-electron chi connectivity index (χ2n) is 7.05. The summed E-state index contributed by atoms with van der Waals surface area (Å²) in [6, 6.07) is 9.38. The molecule has 8 nitrogen and oxygen atoms in total. The molecular weight excluding hydrogens is 394 g/mol. The quantitative estimate of drug-likeness (QED) is 0.530. The highest BCUT2D eigenvalue weighted by Crippen LogP contribution is 2.35. The summed E-state index contributed by atoms with van der Waals surface area (Å²) in [6.07, 6.45) is 4.12. The van der Waals surface area contributed by atoms with E-state index in [-0.39, 0.29) is 12.5 Å².